The molecule has 1 aromatic carbocycles. The van der Waals surface area contributed by atoms with E-state index in [1.807, 2.05) is 6.92 Å². The second kappa shape index (κ2) is 5.88. The summed E-state index contributed by atoms with van der Waals surface area (Å²) in [6.45, 7) is 2.00. The van der Waals surface area contributed by atoms with Crippen LogP contribution < -0.4 is 5.73 Å². The molecule has 2 N–H and O–H groups in total. The van der Waals surface area contributed by atoms with Crippen LogP contribution in [0.1, 0.15) is 43.1 Å². The van der Waals surface area contributed by atoms with Crippen molar-refractivity contribution in [3.63, 3.8) is 0 Å². The van der Waals surface area contributed by atoms with Gasteiger partial charge in [0.25, 0.3) is 0 Å². The molecule has 0 aliphatic rings. The van der Waals surface area contributed by atoms with Gasteiger partial charge in [0.2, 0.25) is 5.89 Å². The zero-order valence-corrected chi connectivity index (χ0v) is 10.6. The highest BCUT2D eigenvalue weighted by Gasteiger charge is 2.16. The summed E-state index contributed by atoms with van der Waals surface area (Å²) in [4.78, 5) is 4.10. The van der Waals surface area contributed by atoms with Crippen molar-refractivity contribution in [2.24, 2.45) is 5.73 Å². The van der Waals surface area contributed by atoms with Crippen molar-refractivity contribution in [3.05, 3.63) is 47.1 Å². The first-order valence-electron chi connectivity index (χ1n) is 6.12. The van der Waals surface area contributed by atoms with Crippen LogP contribution >= 0.6 is 0 Å². The SMILES string of the molecule is CCCC(N)c1noc(Cc2cccc(F)c2F)n1. The molecule has 0 saturated carbocycles. The van der Waals surface area contributed by atoms with Crippen molar-refractivity contribution in [2.45, 2.75) is 32.2 Å². The maximum atomic E-state index is 13.5. The number of hydrogen-bond acceptors (Lipinski definition) is 4. The topological polar surface area (TPSA) is 64.9 Å². The quantitative estimate of drug-likeness (QED) is 0.904. The minimum atomic E-state index is -0.889. The number of benzene rings is 1. The van der Waals surface area contributed by atoms with E-state index in [0.29, 0.717) is 5.82 Å². The molecule has 4 nitrogen and oxygen atoms in total. The van der Waals surface area contributed by atoms with Gasteiger partial charge in [-0.25, -0.2) is 8.78 Å². The Labute approximate surface area is 109 Å². The summed E-state index contributed by atoms with van der Waals surface area (Å²) in [6, 6.07) is 3.69. The molecule has 6 heteroatoms. The Morgan fingerprint density at radius 2 is 2.16 bits per heavy atom. The molecular formula is C13H15F2N3O. The van der Waals surface area contributed by atoms with Crippen LogP contribution in [0, 0.1) is 11.6 Å². The highest BCUT2D eigenvalue weighted by atomic mass is 19.2. The Hall–Kier alpha value is -1.82. The molecule has 0 saturated heterocycles. The predicted molar refractivity (Wildman–Crippen MR) is 65.3 cm³/mol. The van der Waals surface area contributed by atoms with Crippen LogP contribution in [0.4, 0.5) is 8.78 Å². The van der Waals surface area contributed by atoms with E-state index in [-0.39, 0.29) is 23.9 Å². The molecular weight excluding hydrogens is 252 g/mol. The van der Waals surface area contributed by atoms with Crippen molar-refractivity contribution in [1.29, 1.82) is 0 Å². The maximum Gasteiger partial charge on any atom is 0.231 e. The molecule has 1 heterocycles. The Balaban J connectivity index is 2.14. The van der Waals surface area contributed by atoms with Gasteiger partial charge < -0.3 is 10.3 Å². The molecule has 0 bridgehead atoms. The zero-order valence-electron chi connectivity index (χ0n) is 10.6. The van der Waals surface area contributed by atoms with Crippen molar-refractivity contribution in [1.82, 2.24) is 10.1 Å². The van der Waals surface area contributed by atoms with Gasteiger partial charge in [-0.3, -0.25) is 0 Å². The van der Waals surface area contributed by atoms with Gasteiger partial charge in [-0.05, 0) is 12.5 Å². The minimum absolute atomic E-state index is 0.0510. The summed E-state index contributed by atoms with van der Waals surface area (Å²) in [6.07, 6.45) is 1.70. The molecule has 1 atom stereocenters. The molecule has 1 unspecified atom stereocenters. The standard InChI is InChI=1S/C13H15F2N3O/c1-2-4-10(16)13-17-11(19-18-13)7-8-5-3-6-9(14)12(8)15/h3,5-6,10H,2,4,7,16H2,1H3. The average Bonchev–Trinajstić information content (AvgIpc) is 2.84. The second-order valence-corrected chi connectivity index (χ2v) is 4.33. The number of aromatic nitrogens is 2. The summed E-state index contributed by atoms with van der Waals surface area (Å²) < 4.78 is 31.5. The fourth-order valence-corrected chi connectivity index (χ4v) is 1.78. The summed E-state index contributed by atoms with van der Waals surface area (Å²) >= 11 is 0. The van der Waals surface area contributed by atoms with Crippen LogP contribution in [0.3, 0.4) is 0 Å². The molecule has 0 fully saturated rings. The second-order valence-electron chi connectivity index (χ2n) is 4.33. The van der Waals surface area contributed by atoms with Crippen LogP contribution in [0.25, 0.3) is 0 Å². The van der Waals surface area contributed by atoms with E-state index in [1.54, 1.807) is 0 Å². The van der Waals surface area contributed by atoms with E-state index in [4.69, 9.17) is 10.3 Å². The summed E-state index contributed by atoms with van der Waals surface area (Å²) in [5.74, 6) is -1.15. The van der Waals surface area contributed by atoms with Crippen LogP contribution in [0.2, 0.25) is 0 Å². The van der Waals surface area contributed by atoms with E-state index in [2.05, 4.69) is 10.1 Å². The normalized spacial score (nSPS) is 12.6. The maximum absolute atomic E-state index is 13.5. The van der Waals surface area contributed by atoms with E-state index >= 15 is 0 Å². The van der Waals surface area contributed by atoms with Crippen molar-refractivity contribution in [2.75, 3.05) is 0 Å². The van der Waals surface area contributed by atoms with Crippen LogP contribution in [0.15, 0.2) is 22.7 Å². The first-order chi connectivity index (χ1) is 9.11. The number of rotatable bonds is 5. The Morgan fingerprint density at radius 3 is 2.89 bits per heavy atom. The van der Waals surface area contributed by atoms with Gasteiger partial charge in [0.1, 0.15) is 0 Å². The van der Waals surface area contributed by atoms with Gasteiger partial charge in [-0.15, -0.1) is 0 Å². The number of hydrogen-bond donors (Lipinski definition) is 1. The van der Waals surface area contributed by atoms with Gasteiger partial charge >= 0.3 is 0 Å². The van der Waals surface area contributed by atoms with E-state index in [9.17, 15) is 8.78 Å². The molecule has 0 radical (unpaired) electrons. The third-order valence-corrected chi connectivity index (χ3v) is 2.79. The summed E-state index contributed by atoms with van der Waals surface area (Å²) in [7, 11) is 0. The van der Waals surface area contributed by atoms with Crippen molar-refractivity contribution >= 4 is 0 Å². The van der Waals surface area contributed by atoms with Crippen LogP contribution in [0.5, 0.6) is 0 Å². The molecule has 0 amide bonds. The van der Waals surface area contributed by atoms with Crippen LogP contribution in [-0.2, 0) is 6.42 Å². The highest BCUT2D eigenvalue weighted by molar-refractivity contribution is 5.21. The largest absolute Gasteiger partial charge is 0.339 e. The molecule has 102 valence electrons. The fourth-order valence-electron chi connectivity index (χ4n) is 1.78. The lowest BCUT2D eigenvalue weighted by Crippen LogP contribution is -2.11. The Bertz CT molecular complexity index is 557. The van der Waals surface area contributed by atoms with Gasteiger partial charge in [-0.1, -0.05) is 30.6 Å². The van der Waals surface area contributed by atoms with E-state index in [0.717, 1.165) is 18.9 Å². The van der Waals surface area contributed by atoms with Crippen LogP contribution in [-0.4, -0.2) is 10.1 Å². The summed E-state index contributed by atoms with van der Waals surface area (Å²) in [5.41, 5.74) is 6.03. The van der Waals surface area contributed by atoms with Gasteiger partial charge in [0, 0.05) is 5.56 Å². The van der Waals surface area contributed by atoms with E-state index in [1.165, 1.54) is 12.1 Å². The van der Waals surface area contributed by atoms with Gasteiger partial charge in [0.15, 0.2) is 17.5 Å². The highest BCUT2D eigenvalue weighted by Crippen LogP contribution is 2.17. The lowest BCUT2D eigenvalue weighted by molar-refractivity contribution is 0.372. The summed E-state index contributed by atoms with van der Waals surface area (Å²) in [5, 5.41) is 3.76. The molecule has 0 spiro atoms. The Kier molecular flexibility index (Phi) is 4.21. The minimum Gasteiger partial charge on any atom is -0.339 e. The molecule has 0 aliphatic heterocycles. The zero-order chi connectivity index (χ0) is 13.8. The molecule has 0 aliphatic carbocycles. The lowest BCUT2D eigenvalue weighted by atomic mass is 10.1. The van der Waals surface area contributed by atoms with Gasteiger partial charge in [-0.2, -0.15) is 4.98 Å². The third-order valence-electron chi connectivity index (χ3n) is 2.79. The average molecular weight is 267 g/mol. The van der Waals surface area contributed by atoms with Crippen molar-refractivity contribution < 1.29 is 13.3 Å². The van der Waals surface area contributed by atoms with E-state index < -0.39 is 11.6 Å². The molecule has 1 aromatic heterocycles. The number of nitrogens with zero attached hydrogens (tertiary/aromatic N) is 2. The fraction of sp³-hybridized carbons (Fsp3) is 0.385. The molecule has 19 heavy (non-hydrogen) atoms. The molecule has 2 rings (SSSR count). The monoisotopic (exact) mass is 267 g/mol. The van der Waals surface area contributed by atoms with Gasteiger partial charge in [0.05, 0.1) is 12.5 Å². The van der Waals surface area contributed by atoms with Crippen molar-refractivity contribution in [3.8, 4) is 0 Å². The Morgan fingerprint density at radius 1 is 1.37 bits per heavy atom. The smallest absolute Gasteiger partial charge is 0.231 e. The predicted octanol–water partition coefficient (Wildman–Crippen LogP) is 2.74. The molecule has 2 aromatic rings. The lowest BCUT2D eigenvalue weighted by Gasteiger charge is -2.02. The third kappa shape index (κ3) is 3.14. The first kappa shape index (κ1) is 13.6. The first-order valence-corrected chi connectivity index (χ1v) is 6.12. The number of halogens is 2. The number of nitrogens with two attached hydrogens (primary N) is 1.